The number of methoxy groups -OCH3 is 2. The Labute approximate surface area is 143 Å². The first-order valence-corrected chi connectivity index (χ1v) is 8.12. The summed E-state index contributed by atoms with van der Waals surface area (Å²) in [5, 5.41) is 14.5. The summed E-state index contributed by atoms with van der Waals surface area (Å²) in [5.74, 6) is 1.42. The largest absolute Gasteiger partial charge is 0.496 e. The number of β-amino-alcohol motifs (C(OH)–C–C–N with tert-alkyl or cyclic N) is 1. The van der Waals surface area contributed by atoms with E-state index in [0.29, 0.717) is 24.0 Å². The summed E-state index contributed by atoms with van der Waals surface area (Å²) in [6, 6.07) is 3.69. The molecule has 0 spiro atoms. The lowest BCUT2D eigenvalue weighted by atomic mass is 9.95. The molecule has 1 aromatic carbocycles. The minimum absolute atomic E-state index is 0.442. The average Bonchev–Trinajstić information content (AvgIpc) is 2.53. The van der Waals surface area contributed by atoms with Crippen LogP contribution in [0, 0.1) is 0 Å². The molecule has 3 N–H and O–H groups in total. The quantitative estimate of drug-likeness (QED) is 0.633. The second kappa shape index (κ2) is 7.81. The number of nitrogens with zero attached hydrogens (tertiary/aromatic N) is 1. The Balaban J connectivity index is 2.17. The third-order valence-corrected chi connectivity index (χ3v) is 4.38. The summed E-state index contributed by atoms with van der Waals surface area (Å²) in [6.45, 7) is 2.81. The number of hydrogen-bond acceptors (Lipinski definition) is 4. The molecule has 1 aromatic rings. The molecular weight excluding hydrogens is 314 g/mol. The van der Waals surface area contributed by atoms with Crippen molar-refractivity contribution in [2.75, 3.05) is 47.9 Å². The van der Waals surface area contributed by atoms with E-state index in [1.807, 2.05) is 17.0 Å². The van der Waals surface area contributed by atoms with E-state index in [-0.39, 0.29) is 0 Å². The third-order valence-electron chi connectivity index (χ3n) is 3.98. The highest BCUT2D eigenvalue weighted by molar-refractivity contribution is 7.80. The highest BCUT2D eigenvalue weighted by atomic mass is 32.1. The van der Waals surface area contributed by atoms with Crippen molar-refractivity contribution < 1.29 is 19.5 Å². The van der Waals surface area contributed by atoms with Crippen molar-refractivity contribution in [1.29, 1.82) is 0 Å². The Morgan fingerprint density at radius 2 is 2.00 bits per heavy atom. The monoisotopic (exact) mass is 340 g/mol. The summed E-state index contributed by atoms with van der Waals surface area (Å²) in [4.78, 5) is 3.32. The second-order valence-corrected chi connectivity index (χ2v) is 6.33. The smallest absolute Gasteiger partial charge is 0.169 e. The summed E-state index contributed by atoms with van der Waals surface area (Å²) in [7, 11) is 7.44. The van der Waals surface area contributed by atoms with E-state index in [1.54, 1.807) is 14.2 Å². The van der Waals surface area contributed by atoms with Crippen LogP contribution < -0.4 is 19.7 Å². The van der Waals surface area contributed by atoms with Crippen LogP contribution >= 0.6 is 12.2 Å². The number of nitrogens with one attached hydrogen (secondary N) is 2. The topological polar surface area (TPSA) is 58.4 Å². The molecule has 7 heteroatoms. The summed E-state index contributed by atoms with van der Waals surface area (Å²) < 4.78 is 10.8. The molecule has 0 saturated carbocycles. The first-order chi connectivity index (χ1) is 11.0. The van der Waals surface area contributed by atoms with Crippen LogP contribution in [-0.4, -0.2) is 63.1 Å². The Bertz CT molecular complexity index is 566. The Hall–Kier alpha value is -1.57. The number of aliphatic hydroxyl groups excluding tert-OH is 1. The minimum Gasteiger partial charge on any atom is -0.496 e. The fourth-order valence-electron chi connectivity index (χ4n) is 2.76. The standard InChI is InChI=1S/C16H25N3O3S/c1-18(2)8-7-17-16(23)19-9-11-13(21-3)5-6-14(22-4)15(11)12(20)10-19/h5-6,12,20H,7-10H2,1-4H3,(H,17,23)/p+1/t12-/m0/s1. The third kappa shape index (κ3) is 4.04. The van der Waals surface area contributed by atoms with Gasteiger partial charge in [0.15, 0.2) is 5.11 Å². The van der Waals surface area contributed by atoms with Gasteiger partial charge in [0.1, 0.15) is 17.6 Å². The van der Waals surface area contributed by atoms with Gasteiger partial charge in [0.25, 0.3) is 0 Å². The van der Waals surface area contributed by atoms with Crippen molar-refractivity contribution >= 4 is 17.3 Å². The zero-order valence-electron chi connectivity index (χ0n) is 14.2. The van der Waals surface area contributed by atoms with Crippen LogP contribution in [0.5, 0.6) is 11.5 Å². The van der Waals surface area contributed by atoms with E-state index in [0.717, 1.165) is 30.0 Å². The first kappa shape index (κ1) is 17.8. The van der Waals surface area contributed by atoms with Crippen molar-refractivity contribution in [1.82, 2.24) is 10.2 Å². The average molecular weight is 340 g/mol. The van der Waals surface area contributed by atoms with Crippen LogP contribution in [0.4, 0.5) is 0 Å². The van der Waals surface area contributed by atoms with Crippen molar-refractivity contribution in [2.24, 2.45) is 0 Å². The Morgan fingerprint density at radius 1 is 1.35 bits per heavy atom. The molecule has 0 aromatic heterocycles. The van der Waals surface area contributed by atoms with Gasteiger partial charge < -0.3 is 29.7 Å². The number of ether oxygens (including phenoxy) is 2. The van der Waals surface area contributed by atoms with Gasteiger partial charge in [-0.25, -0.2) is 0 Å². The molecule has 0 unspecified atom stereocenters. The predicted molar refractivity (Wildman–Crippen MR) is 93.2 cm³/mol. The molecule has 0 saturated heterocycles. The molecular formula is C16H26N3O3S+. The van der Waals surface area contributed by atoms with Crippen molar-refractivity contribution in [3.8, 4) is 11.5 Å². The molecule has 128 valence electrons. The number of benzene rings is 1. The van der Waals surface area contributed by atoms with Crippen LogP contribution in [0.25, 0.3) is 0 Å². The highest BCUT2D eigenvalue weighted by Gasteiger charge is 2.30. The van der Waals surface area contributed by atoms with E-state index in [9.17, 15) is 5.11 Å². The van der Waals surface area contributed by atoms with Crippen molar-refractivity contribution in [3.05, 3.63) is 23.3 Å². The van der Waals surface area contributed by atoms with E-state index in [4.69, 9.17) is 21.7 Å². The molecule has 0 aliphatic carbocycles. The first-order valence-electron chi connectivity index (χ1n) is 7.71. The number of fused-ring (bicyclic) bond motifs is 1. The number of hydrogen-bond donors (Lipinski definition) is 3. The summed E-state index contributed by atoms with van der Waals surface area (Å²) >= 11 is 5.47. The molecule has 0 fully saturated rings. The molecule has 6 nitrogen and oxygen atoms in total. The van der Waals surface area contributed by atoms with E-state index in [2.05, 4.69) is 19.4 Å². The molecule has 0 bridgehead atoms. The van der Waals surface area contributed by atoms with Gasteiger partial charge in [-0.15, -0.1) is 0 Å². The maximum atomic E-state index is 10.6. The molecule has 0 amide bonds. The van der Waals surface area contributed by atoms with Crippen molar-refractivity contribution in [2.45, 2.75) is 12.6 Å². The van der Waals surface area contributed by atoms with Crippen LogP contribution in [0.1, 0.15) is 17.2 Å². The van der Waals surface area contributed by atoms with E-state index >= 15 is 0 Å². The van der Waals surface area contributed by atoms with Gasteiger partial charge >= 0.3 is 0 Å². The number of rotatable bonds is 5. The predicted octanol–water partition coefficient (Wildman–Crippen LogP) is -0.428. The minimum atomic E-state index is -0.664. The van der Waals surface area contributed by atoms with Gasteiger partial charge in [0.2, 0.25) is 0 Å². The molecule has 1 heterocycles. The number of quaternary nitrogens is 1. The van der Waals surface area contributed by atoms with Gasteiger partial charge in [-0.3, -0.25) is 0 Å². The zero-order valence-corrected chi connectivity index (χ0v) is 15.0. The van der Waals surface area contributed by atoms with Crippen LogP contribution in [0.15, 0.2) is 12.1 Å². The Morgan fingerprint density at radius 3 is 2.61 bits per heavy atom. The maximum Gasteiger partial charge on any atom is 0.169 e. The maximum absolute atomic E-state index is 10.6. The number of thiocarbonyl (C=S) groups is 1. The molecule has 2 rings (SSSR count). The molecule has 1 aliphatic heterocycles. The normalized spacial score (nSPS) is 17.0. The van der Waals surface area contributed by atoms with Crippen molar-refractivity contribution in [3.63, 3.8) is 0 Å². The van der Waals surface area contributed by atoms with E-state index < -0.39 is 6.10 Å². The number of likely N-dealkylation sites (N-methyl/N-ethyl adjacent to an activating group) is 1. The Kier molecular flexibility index (Phi) is 6.04. The molecule has 1 aliphatic rings. The lowest BCUT2D eigenvalue weighted by Crippen LogP contribution is -3.06. The van der Waals surface area contributed by atoms with Gasteiger partial charge in [-0.05, 0) is 24.4 Å². The van der Waals surface area contributed by atoms with Gasteiger partial charge in [0.05, 0.1) is 47.9 Å². The zero-order chi connectivity index (χ0) is 17.0. The lowest BCUT2D eigenvalue weighted by molar-refractivity contribution is -0.856. The summed E-state index contributed by atoms with van der Waals surface area (Å²) in [6.07, 6.45) is -0.664. The van der Waals surface area contributed by atoms with Gasteiger partial charge in [0, 0.05) is 17.7 Å². The fraction of sp³-hybridized carbons (Fsp3) is 0.562. The molecule has 1 atom stereocenters. The van der Waals surface area contributed by atoms with Crippen LogP contribution in [-0.2, 0) is 6.54 Å². The SMILES string of the molecule is COc1ccc(OC)c2c1CN(C(=S)NCC[NH+](C)C)C[C@@H]2O. The van der Waals surface area contributed by atoms with Crippen LogP contribution in [0.2, 0.25) is 0 Å². The molecule has 23 heavy (non-hydrogen) atoms. The van der Waals surface area contributed by atoms with Crippen LogP contribution in [0.3, 0.4) is 0 Å². The van der Waals surface area contributed by atoms with E-state index in [1.165, 1.54) is 4.90 Å². The van der Waals surface area contributed by atoms with Gasteiger partial charge in [-0.2, -0.15) is 0 Å². The highest BCUT2D eigenvalue weighted by Crippen LogP contribution is 2.39. The fourth-order valence-corrected chi connectivity index (χ4v) is 3.00. The lowest BCUT2D eigenvalue weighted by Gasteiger charge is -2.35. The second-order valence-electron chi connectivity index (χ2n) is 5.95. The van der Waals surface area contributed by atoms with Gasteiger partial charge in [-0.1, -0.05) is 0 Å². The summed E-state index contributed by atoms with van der Waals surface area (Å²) in [5.41, 5.74) is 1.72. The molecule has 0 radical (unpaired) electrons. The number of aliphatic hydroxyl groups is 1.